The summed E-state index contributed by atoms with van der Waals surface area (Å²) < 4.78 is 43.2. The fraction of sp³-hybridized carbons (Fsp3) is 0.562. The molecule has 0 aromatic heterocycles. The standard InChI is InChI=1S/C16H22F3NO2/c1-12-6-5-7-13(8-12)22-9-14(21)20(10-15(2,3)4)11-16(17,18)19/h5-8H,9-11H2,1-4H3. The molecule has 1 amide bonds. The highest BCUT2D eigenvalue weighted by Crippen LogP contribution is 2.22. The Kier molecular flexibility index (Phi) is 5.85. The average molecular weight is 317 g/mol. The van der Waals surface area contributed by atoms with Crippen LogP contribution in [0.3, 0.4) is 0 Å². The number of nitrogens with zero attached hydrogens (tertiary/aromatic N) is 1. The van der Waals surface area contributed by atoms with Crippen molar-refractivity contribution in [2.75, 3.05) is 19.7 Å². The lowest BCUT2D eigenvalue weighted by Gasteiger charge is -2.30. The summed E-state index contributed by atoms with van der Waals surface area (Å²) in [6.07, 6.45) is -4.43. The largest absolute Gasteiger partial charge is 0.484 e. The predicted molar refractivity (Wildman–Crippen MR) is 78.8 cm³/mol. The molecule has 1 aromatic rings. The minimum Gasteiger partial charge on any atom is -0.484 e. The number of halogens is 3. The minimum atomic E-state index is -4.43. The molecule has 0 unspecified atom stereocenters. The van der Waals surface area contributed by atoms with E-state index >= 15 is 0 Å². The van der Waals surface area contributed by atoms with Gasteiger partial charge in [-0.15, -0.1) is 0 Å². The van der Waals surface area contributed by atoms with Crippen LogP contribution in [0.25, 0.3) is 0 Å². The quantitative estimate of drug-likeness (QED) is 0.826. The number of carbonyl (C=O) groups is 1. The number of carbonyl (C=O) groups excluding carboxylic acids is 1. The van der Waals surface area contributed by atoms with Crippen molar-refractivity contribution >= 4 is 5.91 Å². The van der Waals surface area contributed by atoms with Gasteiger partial charge in [-0.1, -0.05) is 32.9 Å². The van der Waals surface area contributed by atoms with Crippen LogP contribution in [0.4, 0.5) is 13.2 Å². The van der Waals surface area contributed by atoms with E-state index in [1.165, 1.54) is 0 Å². The fourth-order valence-electron chi connectivity index (χ4n) is 1.96. The van der Waals surface area contributed by atoms with Gasteiger partial charge < -0.3 is 9.64 Å². The van der Waals surface area contributed by atoms with Gasteiger partial charge in [0, 0.05) is 6.54 Å². The Morgan fingerprint density at radius 1 is 1.18 bits per heavy atom. The van der Waals surface area contributed by atoms with Gasteiger partial charge in [0.15, 0.2) is 6.61 Å². The van der Waals surface area contributed by atoms with Crippen LogP contribution < -0.4 is 4.74 Å². The van der Waals surface area contributed by atoms with E-state index in [4.69, 9.17) is 4.74 Å². The molecule has 0 aliphatic rings. The van der Waals surface area contributed by atoms with Crippen molar-refractivity contribution in [2.24, 2.45) is 5.41 Å². The third-order valence-electron chi connectivity index (χ3n) is 2.74. The van der Waals surface area contributed by atoms with Gasteiger partial charge in [0.05, 0.1) is 0 Å². The minimum absolute atomic E-state index is 0.0164. The van der Waals surface area contributed by atoms with Crippen molar-refractivity contribution in [3.8, 4) is 5.75 Å². The molecule has 1 rings (SSSR count). The molecule has 0 heterocycles. The van der Waals surface area contributed by atoms with Crippen LogP contribution in [-0.2, 0) is 4.79 Å². The highest BCUT2D eigenvalue weighted by atomic mass is 19.4. The zero-order chi connectivity index (χ0) is 17.0. The van der Waals surface area contributed by atoms with Crippen LogP contribution in [-0.4, -0.2) is 36.7 Å². The summed E-state index contributed by atoms with van der Waals surface area (Å²) in [6, 6.07) is 7.02. The molecule has 0 spiro atoms. The van der Waals surface area contributed by atoms with Crippen LogP contribution in [0.1, 0.15) is 26.3 Å². The maximum absolute atomic E-state index is 12.6. The monoisotopic (exact) mass is 317 g/mol. The summed E-state index contributed by atoms with van der Waals surface area (Å²) >= 11 is 0. The molecular formula is C16H22F3NO2. The molecule has 0 bridgehead atoms. The average Bonchev–Trinajstić information content (AvgIpc) is 2.31. The lowest BCUT2D eigenvalue weighted by molar-refractivity contribution is -0.164. The molecule has 124 valence electrons. The Morgan fingerprint density at radius 2 is 1.82 bits per heavy atom. The zero-order valence-corrected chi connectivity index (χ0v) is 13.3. The summed E-state index contributed by atoms with van der Waals surface area (Å²) in [4.78, 5) is 12.9. The maximum Gasteiger partial charge on any atom is 0.406 e. The summed E-state index contributed by atoms with van der Waals surface area (Å²) in [5.41, 5.74) is 0.524. The zero-order valence-electron chi connectivity index (χ0n) is 13.3. The maximum atomic E-state index is 12.6. The van der Waals surface area contributed by atoms with Gasteiger partial charge in [0.25, 0.3) is 5.91 Å². The Labute approximate surface area is 129 Å². The van der Waals surface area contributed by atoms with Crippen LogP contribution in [0, 0.1) is 12.3 Å². The van der Waals surface area contributed by atoms with Gasteiger partial charge in [-0.05, 0) is 30.0 Å². The van der Waals surface area contributed by atoms with Gasteiger partial charge in [-0.3, -0.25) is 4.79 Å². The van der Waals surface area contributed by atoms with Crippen molar-refractivity contribution in [1.29, 1.82) is 0 Å². The van der Waals surface area contributed by atoms with Crippen molar-refractivity contribution < 1.29 is 22.7 Å². The first-order valence-electron chi connectivity index (χ1n) is 7.00. The molecule has 0 radical (unpaired) electrons. The van der Waals surface area contributed by atoms with Crippen LogP contribution in [0.15, 0.2) is 24.3 Å². The number of alkyl halides is 3. The van der Waals surface area contributed by atoms with Gasteiger partial charge in [-0.2, -0.15) is 13.2 Å². The van der Waals surface area contributed by atoms with Crippen LogP contribution in [0.2, 0.25) is 0 Å². The third kappa shape index (κ3) is 7.33. The van der Waals surface area contributed by atoms with E-state index in [1.807, 2.05) is 13.0 Å². The van der Waals surface area contributed by atoms with E-state index in [0.29, 0.717) is 5.75 Å². The van der Waals surface area contributed by atoms with Crippen molar-refractivity contribution in [3.63, 3.8) is 0 Å². The molecule has 0 atom stereocenters. The SMILES string of the molecule is Cc1cccc(OCC(=O)N(CC(C)(C)C)CC(F)(F)F)c1. The molecule has 22 heavy (non-hydrogen) atoms. The highest BCUT2D eigenvalue weighted by molar-refractivity contribution is 5.77. The first-order chi connectivity index (χ1) is 9.96. The highest BCUT2D eigenvalue weighted by Gasteiger charge is 2.34. The summed E-state index contributed by atoms with van der Waals surface area (Å²) in [5, 5.41) is 0. The number of rotatable bonds is 5. The second-order valence-corrected chi connectivity index (χ2v) is 6.53. The second-order valence-electron chi connectivity index (χ2n) is 6.53. The molecular weight excluding hydrogens is 295 g/mol. The number of hydrogen-bond acceptors (Lipinski definition) is 2. The van der Waals surface area contributed by atoms with Gasteiger partial charge in [0.2, 0.25) is 0 Å². The van der Waals surface area contributed by atoms with E-state index in [0.717, 1.165) is 10.5 Å². The Balaban J connectivity index is 2.70. The normalized spacial score (nSPS) is 12.1. The lowest BCUT2D eigenvalue weighted by Crippen LogP contribution is -2.45. The van der Waals surface area contributed by atoms with Crippen molar-refractivity contribution in [3.05, 3.63) is 29.8 Å². The van der Waals surface area contributed by atoms with E-state index in [2.05, 4.69) is 0 Å². The molecule has 0 fully saturated rings. The molecule has 3 nitrogen and oxygen atoms in total. The number of hydrogen-bond donors (Lipinski definition) is 0. The Bertz CT molecular complexity index is 491. The van der Waals surface area contributed by atoms with E-state index < -0.39 is 30.7 Å². The van der Waals surface area contributed by atoms with E-state index in [-0.39, 0.29) is 6.54 Å². The Hall–Kier alpha value is -1.72. The number of amides is 1. The number of benzene rings is 1. The van der Waals surface area contributed by atoms with Gasteiger partial charge in [0.1, 0.15) is 12.3 Å². The summed E-state index contributed by atoms with van der Waals surface area (Å²) in [7, 11) is 0. The molecule has 1 aromatic carbocycles. The number of aryl methyl sites for hydroxylation is 1. The fourth-order valence-corrected chi connectivity index (χ4v) is 1.96. The van der Waals surface area contributed by atoms with E-state index in [1.54, 1.807) is 39.0 Å². The van der Waals surface area contributed by atoms with Gasteiger partial charge in [-0.25, -0.2) is 0 Å². The first-order valence-corrected chi connectivity index (χ1v) is 7.00. The molecule has 0 N–H and O–H groups in total. The van der Waals surface area contributed by atoms with Crippen LogP contribution in [0.5, 0.6) is 5.75 Å². The summed E-state index contributed by atoms with van der Waals surface area (Å²) in [6.45, 7) is 5.56. The van der Waals surface area contributed by atoms with Crippen molar-refractivity contribution in [1.82, 2.24) is 4.90 Å². The Morgan fingerprint density at radius 3 is 2.32 bits per heavy atom. The first kappa shape index (κ1) is 18.3. The summed E-state index contributed by atoms with van der Waals surface area (Å²) in [5.74, 6) is -0.204. The third-order valence-corrected chi connectivity index (χ3v) is 2.74. The van der Waals surface area contributed by atoms with Crippen LogP contribution >= 0.6 is 0 Å². The molecule has 0 saturated heterocycles. The second kappa shape index (κ2) is 7.03. The molecule has 0 aliphatic carbocycles. The number of ether oxygens (including phenoxy) is 1. The van der Waals surface area contributed by atoms with E-state index in [9.17, 15) is 18.0 Å². The van der Waals surface area contributed by atoms with Crippen molar-refractivity contribution in [2.45, 2.75) is 33.9 Å². The smallest absolute Gasteiger partial charge is 0.406 e. The molecule has 0 aliphatic heterocycles. The molecule has 6 heteroatoms. The molecule has 0 saturated carbocycles. The predicted octanol–water partition coefficient (Wildman–Crippen LogP) is 3.81. The topological polar surface area (TPSA) is 29.5 Å². The lowest BCUT2D eigenvalue weighted by atomic mass is 9.96. The van der Waals surface area contributed by atoms with Gasteiger partial charge >= 0.3 is 6.18 Å².